The first-order chi connectivity index (χ1) is 8.85. The van der Waals surface area contributed by atoms with E-state index in [0.29, 0.717) is 0 Å². The minimum absolute atomic E-state index is 0.978. The smallest absolute Gasteiger partial charge is 0.142 e. The molecule has 1 aliphatic rings. The van der Waals surface area contributed by atoms with Gasteiger partial charge < -0.3 is 9.64 Å². The Kier molecular flexibility index (Phi) is 5.32. The molecule has 1 saturated heterocycles. The molecule has 0 N–H and O–H groups in total. The first-order valence-electron chi connectivity index (χ1n) is 6.51. The van der Waals surface area contributed by atoms with Crippen molar-refractivity contribution in [2.75, 3.05) is 50.1 Å². The highest BCUT2D eigenvalue weighted by Gasteiger charge is 2.18. The van der Waals surface area contributed by atoms with Gasteiger partial charge in [-0.2, -0.15) is 0 Å². The Labute approximate surface area is 118 Å². The van der Waals surface area contributed by atoms with Crippen molar-refractivity contribution in [1.82, 2.24) is 4.90 Å². The quantitative estimate of drug-likeness (QED) is 0.777. The SMILES string of the molecule is COc1ccccc1N1CCN(CCCBr)CC1. The lowest BCUT2D eigenvalue weighted by Gasteiger charge is -2.36. The number of hydrogen-bond acceptors (Lipinski definition) is 3. The molecule has 0 aromatic heterocycles. The van der Waals surface area contributed by atoms with Crippen LogP contribution in [0.2, 0.25) is 0 Å². The zero-order valence-corrected chi connectivity index (χ0v) is 12.5. The summed E-state index contributed by atoms with van der Waals surface area (Å²) in [7, 11) is 1.74. The van der Waals surface area contributed by atoms with E-state index in [4.69, 9.17) is 4.74 Å². The van der Waals surface area contributed by atoms with Crippen LogP contribution in [0, 0.1) is 0 Å². The first kappa shape index (κ1) is 13.7. The molecule has 1 aromatic rings. The van der Waals surface area contributed by atoms with E-state index in [2.05, 4.69) is 37.9 Å². The fraction of sp³-hybridized carbons (Fsp3) is 0.571. The second kappa shape index (κ2) is 7.00. The summed E-state index contributed by atoms with van der Waals surface area (Å²) in [4.78, 5) is 4.96. The molecule has 100 valence electrons. The fourth-order valence-electron chi connectivity index (χ4n) is 2.39. The van der Waals surface area contributed by atoms with Crippen molar-refractivity contribution in [1.29, 1.82) is 0 Å². The molecule has 0 unspecified atom stereocenters. The lowest BCUT2D eigenvalue weighted by Crippen LogP contribution is -2.46. The number of nitrogens with zero attached hydrogens (tertiary/aromatic N) is 2. The molecule has 0 atom stereocenters. The minimum Gasteiger partial charge on any atom is -0.495 e. The molecule has 0 aliphatic carbocycles. The first-order valence-corrected chi connectivity index (χ1v) is 7.63. The lowest BCUT2D eigenvalue weighted by molar-refractivity contribution is 0.258. The van der Waals surface area contributed by atoms with Crippen molar-refractivity contribution in [2.45, 2.75) is 6.42 Å². The van der Waals surface area contributed by atoms with Crippen molar-refractivity contribution < 1.29 is 4.74 Å². The zero-order valence-electron chi connectivity index (χ0n) is 10.9. The predicted octanol–water partition coefficient (Wildman–Crippen LogP) is 2.60. The third-order valence-corrected chi connectivity index (χ3v) is 3.97. The molecule has 1 aromatic carbocycles. The number of piperazine rings is 1. The van der Waals surface area contributed by atoms with Gasteiger partial charge >= 0.3 is 0 Å². The molecular weight excluding hydrogens is 292 g/mol. The number of ether oxygens (including phenoxy) is 1. The number of benzene rings is 1. The highest BCUT2D eigenvalue weighted by molar-refractivity contribution is 9.09. The molecule has 0 spiro atoms. The van der Waals surface area contributed by atoms with E-state index < -0.39 is 0 Å². The number of anilines is 1. The predicted molar refractivity (Wildman–Crippen MR) is 80.1 cm³/mol. The van der Waals surface area contributed by atoms with Crippen molar-refractivity contribution in [3.8, 4) is 5.75 Å². The second-order valence-corrected chi connectivity index (χ2v) is 5.34. The van der Waals surface area contributed by atoms with Gasteiger partial charge in [-0.15, -0.1) is 0 Å². The highest BCUT2D eigenvalue weighted by atomic mass is 79.9. The third-order valence-electron chi connectivity index (χ3n) is 3.41. The van der Waals surface area contributed by atoms with Gasteiger partial charge in [-0.05, 0) is 25.1 Å². The van der Waals surface area contributed by atoms with Gasteiger partial charge in [0.2, 0.25) is 0 Å². The van der Waals surface area contributed by atoms with Crippen molar-refractivity contribution in [3.05, 3.63) is 24.3 Å². The van der Waals surface area contributed by atoms with Crippen LogP contribution in [0.15, 0.2) is 24.3 Å². The maximum Gasteiger partial charge on any atom is 0.142 e. The Bertz CT molecular complexity index is 365. The largest absolute Gasteiger partial charge is 0.495 e. The van der Waals surface area contributed by atoms with Gasteiger partial charge in [0.05, 0.1) is 12.8 Å². The number of methoxy groups -OCH3 is 1. The molecule has 18 heavy (non-hydrogen) atoms. The molecule has 0 bridgehead atoms. The Balaban J connectivity index is 1.92. The van der Waals surface area contributed by atoms with E-state index in [0.717, 1.165) is 37.3 Å². The average Bonchev–Trinajstić information content (AvgIpc) is 2.45. The number of para-hydroxylation sites is 2. The Morgan fingerprint density at radius 3 is 2.56 bits per heavy atom. The van der Waals surface area contributed by atoms with Crippen molar-refractivity contribution >= 4 is 21.6 Å². The van der Waals surface area contributed by atoms with Gasteiger partial charge in [-0.3, -0.25) is 4.90 Å². The third kappa shape index (κ3) is 3.39. The number of hydrogen-bond donors (Lipinski definition) is 0. The van der Waals surface area contributed by atoms with Crippen LogP contribution in [-0.4, -0.2) is 50.1 Å². The number of halogens is 1. The molecule has 0 saturated carbocycles. The van der Waals surface area contributed by atoms with E-state index in [1.807, 2.05) is 12.1 Å². The summed E-state index contributed by atoms with van der Waals surface area (Å²) in [6, 6.07) is 8.28. The van der Waals surface area contributed by atoms with E-state index in [9.17, 15) is 0 Å². The van der Waals surface area contributed by atoms with E-state index in [1.54, 1.807) is 7.11 Å². The molecule has 0 radical (unpaired) electrons. The van der Waals surface area contributed by atoms with Crippen LogP contribution in [0.4, 0.5) is 5.69 Å². The monoisotopic (exact) mass is 312 g/mol. The summed E-state index contributed by atoms with van der Waals surface area (Å²) in [5.74, 6) is 0.978. The topological polar surface area (TPSA) is 15.7 Å². The second-order valence-electron chi connectivity index (χ2n) is 4.54. The van der Waals surface area contributed by atoms with Crippen LogP contribution in [-0.2, 0) is 0 Å². The van der Waals surface area contributed by atoms with Gasteiger partial charge in [0.1, 0.15) is 5.75 Å². The minimum atomic E-state index is 0.978. The maximum absolute atomic E-state index is 5.43. The van der Waals surface area contributed by atoms with E-state index in [-0.39, 0.29) is 0 Å². The van der Waals surface area contributed by atoms with Crippen molar-refractivity contribution in [3.63, 3.8) is 0 Å². The number of rotatable bonds is 5. The van der Waals surface area contributed by atoms with Gasteiger partial charge in [0.25, 0.3) is 0 Å². The van der Waals surface area contributed by atoms with Crippen LogP contribution >= 0.6 is 15.9 Å². The van der Waals surface area contributed by atoms with Gasteiger partial charge in [-0.25, -0.2) is 0 Å². The standard InChI is InChI=1S/C14H21BrN2O/c1-18-14-6-3-2-5-13(14)17-11-9-16(10-12-17)8-4-7-15/h2-3,5-6H,4,7-12H2,1H3. The van der Waals surface area contributed by atoms with Crippen molar-refractivity contribution in [2.24, 2.45) is 0 Å². The van der Waals surface area contributed by atoms with Crippen LogP contribution in [0.5, 0.6) is 5.75 Å². The molecule has 0 amide bonds. The van der Waals surface area contributed by atoms with E-state index >= 15 is 0 Å². The van der Waals surface area contributed by atoms with Crippen LogP contribution < -0.4 is 9.64 Å². The molecule has 4 heteroatoms. The summed E-state index contributed by atoms with van der Waals surface area (Å²) >= 11 is 3.49. The zero-order chi connectivity index (χ0) is 12.8. The van der Waals surface area contributed by atoms with Gasteiger partial charge in [0, 0.05) is 31.5 Å². The van der Waals surface area contributed by atoms with Gasteiger partial charge in [0.15, 0.2) is 0 Å². The summed E-state index contributed by atoms with van der Waals surface area (Å²) in [6.45, 7) is 5.66. The van der Waals surface area contributed by atoms with Gasteiger partial charge in [-0.1, -0.05) is 28.1 Å². The summed E-state index contributed by atoms with van der Waals surface area (Å²) in [6.07, 6.45) is 1.23. The van der Waals surface area contributed by atoms with Crippen LogP contribution in [0.3, 0.4) is 0 Å². The van der Waals surface area contributed by atoms with E-state index in [1.165, 1.54) is 18.7 Å². The fourth-order valence-corrected chi connectivity index (χ4v) is 2.64. The Morgan fingerprint density at radius 1 is 1.17 bits per heavy atom. The summed E-state index contributed by atoms with van der Waals surface area (Å²) < 4.78 is 5.43. The average molecular weight is 313 g/mol. The lowest BCUT2D eigenvalue weighted by atomic mass is 10.2. The van der Waals surface area contributed by atoms with Crippen LogP contribution in [0.1, 0.15) is 6.42 Å². The summed E-state index contributed by atoms with van der Waals surface area (Å²) in [5, 5.41) is 1.10. The molecule has 2 rings (SSSR count). The normalized spacial score (nSPS) is 16.9. The van der Waals surface area contributed by atoms with Crippen LogP contribution in [0.25, 0.3) is 0 Å². The summed E-state index contributed by atoms with van der Waals surface area (Å²) in [5.41, 5.74) is 1.22. The molecular formula is C14H21BrN2O. The molecule has 1 aliphatic heterocycles. The Hall–Kier alpha value is -0.740. The Morgan fingerprint density at radius 2 is 1.89 bits per heavy atom. The number of alkyl halides is 1. The molecule has 1 heterocycles. The highest BCUT2D eigenvalue weighted by Crippen LogP contribution is 2.28. The maximum atomic E-state index is 5.43. The molecule has 3 nitrogen and oxygen atoms in total. The molecule has 1 fully saturated rings.